The Kier molecular flexibility index (Phi) is 6.11. The van der Waals surface area contributed by atoms with Crippen LogP contribution in [0.1, 0.15) is 5.56 Å². The number of hydrogen-bond acceptors (Lipinski definition) is 5. The van der Waals surface area contributed by atoms with Crippen molar-refractivity contribution in [3.05, 3.63) is 83.6 Å². The topological polar surface area (TPSA) is 72.7 Å². The van der Waals surface area contributed by atoms with Crippen molar-refractivity contribution in [3.8, 4) is 16.9 Å². The zero-order chi connectivity index (χ0) is 20.9. The number of anilines is 1. The lowest BCUT2D eigenvalue weighted by atomic mass is 10.1. The van der Waals surface area contributed by atoms with Crippen LogP contribution in [0.15, 0.2) is 78.1 Å². The molecule has 1 N–H and O–H groups in total. The van der Waals surface area contributed by atoms with E-state index in [9.17, 15) is 4.79 Å². The highest BCUT2D eigenvalue weighted by molar-refractivity contribution is 7.99. The van der Waals surface area contributed by atoms with Crippen LogP contribution in [0.4, 0.5) is 5.69 Å². The normalized spacial score (nSPS) is 10.7. The number of hydrogen-bond donors (Lipinski definition) is 1. The molecular formula is C22H18ClN5OS. The second-order valence-electron chi connectivity index (χ2n) is 6.50. The molecule has 0 aliphatic rings. The van der Waals surface area contributed by atoms with Crippen LogP contribution in [0.2, 0.25) is 5.02 Å². The minimum Gasteiger partial charge on any atom is -0.325 e. The molecule has 0 aliphatic carbocycles. The Morgan fingerprint density at radius 1 is 1.07 bits per heavy atom. The number of halogens is 1. The number of carbonyl (C=O) groups excluding carboxylic acids is 1. The highest BCUT2D eigenvalue weighted by Crippen LogP contribution is 2.24. The molecule has 2 heterocycles. The predicted octanol–water partition coefficient (Wildman–Crippen LogP) is 5.02. The molecule has 0 saturated carbocycles. The van der Waals surface area contributed by atoms with E-state index in [4.69, 9.17) is 11.6 Å². The van der Waals surface area contributed by atoms with Gasteiger partial charge in [0.25, 0.3) is 0 Å². The summed E-state index contributed by atoms with van der Waals surface area (Å²) in [5, 5.41) is 16.9. The van der Waals surface area contributed by atoms with Gasteiger partial charge in [-0.2, -0.15) is 5.10 Å². The number of aromatic nitrogens is 4. The summed E-state index contributed by atoms with van der Waals surface area (Å²) < 4.78 is 1.80. The Morgan fingerprint density at radius 3 is 2.60 bits per heavy atom. The van der Waals surface area contributed by atoms with E-state index >= 15 is 0 Å². The summed E-state index contributed by atoms with van der Waals surface area (Å²) in [5.41, 5.74) is 4.27. The van der Waals surface area contributed by atoms with Gasteiger partial charge in [0.2, 0.25) is 5.91 Å². The van der Waals surface area contributed by atoms with E-state index in [-0.39, 0.29) is 11.7 Å². The molecule has 0 spiro atoms. The van der Waals surface area contributed by atoms with Gasteiger partial charge in [-0.3, -0.25) is 4.79 Å². The van der Waals surface area contributed by atoms with Crippen LogP contribution < -0.4 is 5.32 Å². The molecule has 1 amide bonds. The van der Waals surface area contributed by atoms with E-state index in [1.807, 2.05) is 67.7 Å². The van der Waals surface area contributed by atoms with Crippen LogP contribution in [0.3, 0.4) is 0 Å². The Bertz CT molecular complexity index is 1150. The Labute approximate surface area is 183 Å². The van der Waals surface area contributed by atoms with Gasteiger partial charge in [-0.05, 0) is 55.0 Å². The van der Waals surface area contributed by atoms with Crippen LogP contribution in [0.5, 0.6) is 0 Å². The molecule has 6 nitrogen and oxygen atoms in total. The van der Waals surface area contributed by atoms with Crippen molar-refractivity contribution < 1.29 is 4.79 Å². The molecule has 0 bridgehead atoms. The summed E-state index contributed by atoms with van der Waals surface area (Å²) >= 11 is 7.42. The largest absolute Gasteiger partial charge is 0.325 e. The lowest BCUT2D eigenvalue weighted by Crippen LogP contribution is -2.15. The highest BCUT2D eigenvalue weighted by atomic mass is 35.5. The van der Waals surface area contributed by atoms with E-state index in [1.165, 1.54) is 11.8 Å². The number of nitrogens with zero attached hydrogens (tertiary/aromatic N) is 4. The molecule has 4 aromatic rings. The molecule has 0 atom stereocenters. The van der Waals surface area contributed by atoms with E-state index in [0.29, 0.717) is 15.7 Å². The summed E-state index contributed by atoms with van der Waals surface area (Å²) in [4.78, 5) is 12.2. The Morgan fingerprint density at radius 2 is 1.90 bits per heavy atom. The third-order valence-electron chi connectivity index (χ3n) is 4.47. The first-order valence-corrected chi connectivity index (χ1v) is 10.6. The average Bonchev–Trinajstić information content (AvgIpc) is 3.31. The first-order chi connectivity index (χ1) is 14.6. The minimum atomic E-state index is -0.120. The summed E-state index contributed by atoms with van der Waals surface area (Å²) in [6.45, 7) is 1.87. The van der Waals surface area contributed by atoms with Gasteiger partial charge in [0, 0.05) is 28.7 Å². The third-order valence-corrected chi connectivity index (χ3v) is 5.79. The lowest BCUT2D eigenvalue weighted by molar-refractivity contribution is -0.113. The van der Waals surface area contributed by atoms with Crippen LogP contribution in [-0.2, 0) is 4.79 Å². The van der Waals surface area contributed by atoms with E-state index in [0.717, 1.165) is 22.5 Å². The number of benzene rings is 2. The monoisotopic (exact) mass is 435 g/mol. The molecule has 8 heteroatoms. The number of amides is 1. The molecule has 0 saturated heterocycles. The quantitative estimate of drug-likeness (QED) is 0.430. The van der Waals surface area contributed by atoms with Gasteiger partial charge in [0.1, 0.15) is 5.03 Å². The van der Waals surface area contributed by atoms with Crippen LogP contribution in [-0.4, -0.2) is 31.6 Å². The third kappa shape index (κ3) is 4.69. The van der Waals surface area contributed by atoms with Crippen LogP contribution in [0.25, 0.3) is 16.9 Å². The average molecular weight is 436 g/mol. The molecule has 4 rings (SSSR count). The smallest absolute Gasteiger partial charge is 0.234 e. The van der Waals surface area contributed by atoms with Gasteiger partial charge < -0.3 is 5.32 Å². The van der Waals surface area contributed by atoms with Crippen molar-refractivity contribution in [2.75, 3.05) is 11.1 Å². The van der Waals surface area contributed by atoms with Gasteiger partial charge in [0.15, 0.2) is 0 Å². The van der Waals surface area contributed by atoms with Crippen molar-refractivity contribution in [2.45, 2.75) is 11.9 Å². The molecule has 0 fully saturated rings. The lowest BCUT2D eigenvalue weighted by Gasteiger charge is -2.09. The van der Waals surface area contributed by atoms with Gasteiger partial charge >= 0.3 is 0 Å². The molecule has 0 unspecified atom stereocenters. The van der Waals surface area contributed by atoms with Gasteiger partial charge in [0.05, 0.1) is 17.1 Å². The second-order valence-corrected chi connectivity index (χ2v) is 7.91. The SMILES string of the molecule is Cc1c(Cl)cccc1NC(=O)CSc1ccc(-c2ccc(-n3cccn3)cc2)nn1. The maximum atomic E-state index is 12.2. The van der Waals surface area contributed by atoms with Crippen molar-refractivity contribution in [1.82, 2.24) is 20.0 Å². The van der Waals surface area contributed by atoms with Crippen molar-refractivity contribution >= 4 is 35.0 Å². The summed E-state index contributed by atoms with van der Waals surface area (Å²) in [6, 6.07) is 19.0. The predicted molar refractivity (Wildman–Crippen MR) is 120 cm³/mol. The van der Waals surface area contributed by atoms with Crippen molar-refractivity contribution in [3.63, 3.8) is 0 Å². The molecule has 2 aromatic carbocycles. The molecule has 0 radical (unpaired) electrons. The first kappa shape index (κ1) is 20.1. The zero-order valence-corrected chi connectivity index (χ0v) is 17.7. The molecule has 150 valence electrons. The van der Waals surface area contributed by atoms with Crippen LogP contribution >= 0.6 is 23.4 Å². The standard InChI is InChI=1S/C22H18ClN5OS/c1-15-18(23)4-2-5-19(15)25-21(29)14-30-22-11-10-20(26-27-22)16-6-8-17(9-7-16)28-13-3-12-24-28/h2-13H,14H2,1H3,(H,25,29). The van der Waals surface area contributed by atoms with E-state index < -0.39 is 0 Å². The van der Waals surface area contributed by atoms with Crippen molar-refractivity contribution in [2.24, 2.45) is 0 Å². The molecule has 2 aromatic heterocycles. The fraction of sp³-hybridized carbons (Fsp3) is 0.0909. The van der Waals surface area contributed by atoms with Gasteiger partial charge in [-0.1, -0.05) is 41.6 Å². The fourth-order valence-electron chi connectivity index (χ4n) is 2.83. The highest BCUT2D eigenvalue weighted by Gasteiger charge is 2.09. The zero-order valence-electron chi connectivity index (χ0n) is 16.1. The minimum absolute atomic E-state index is 0.120. The summed E-state index contributed by atoms with van der Waals surface area (Å²) in [5.74, 6) is 0.115. The van der Waals surface area contributed by atoms with Gasteiger partial charge in [-0.25, -0.2) is 4.68 Å². The summed E-state index contributed by atoms with van der Waals surface area (Å²) in [6.07, 6.45) is 3.64. The maximum Gasteiger partial charge on any atom is 0.234 e. The first-order valence-electron chi connectivity index (χ1n) is 9.22. The van der Waals surface area contributed by atoms with E-state index in [2.05, 4.69) is 20.6 Å². The number of rotatable bonds is 6. The van der Waals surface area contributed by atoms with E-state index in [1.54, 1.807) is 16.9 Å². The Hall–Kier alpha value is -3.16. The second kappa shape index (κ2) is 9.11. The number of nitrogens with one attached hydrogen (secondary N) is 1. The van der Waals surface area contributed by atoms with Gasteiger partial charge in [-0.15, -0.1) is 10.2 Å². The molecule has 0 aliphatic heterocycles. The van der Waals surface area contributed by atoms with Crippen LogP contribution in [0, 0.1) is 6.92 Å². The maximum absolute atomic E-state index is 12.2. The Balaban J connectivity index is 1.35. The van der Waals surface area contributed by atoms with Crippen molar-refractivity contribution in [1.29, 1.82) is 0 Å². The fourth-order valence-corrected chi connectivity index (χ4v) is 3.61. The molecular weight excluding hydrogens is 418 g/mol. The molecule has 30 heavy (non-hydrogen) atoms. The number of thioether (sulfide) groups is 1. The number of carbonyl (C=O) groups is 1. The summed E-state index contributed by atoms with van der Waals surface area (Å²) in [7, 11) is 0.